The molecule has 0 unspecified atom stereocenters. The summed E-state index contributed by atoms with van der Waals surface area (Å²) in [5.74, 6) is 0.942. The number of ether oxygens (including phenoxy) is 2. The van der Waals surface area contributed by atoms with E-state index in [0.717, 1.165) is 11.3 Å². The van der Waals surface area contributed by atoms with E-state index in [1.807, 2.05) is 13.8 Å². The highest BCUT2D eigenvalue weighted by atomic mass is 16.5. The van der Waals surface area contributed by atoms with Crippen LogP contribution in [-0.2, 0) is 9.47 Å². The molecule has 0 N–H and O–H groups in total. The van der Waals surface area contributed by atoms with E-state index in [2.05, 4.69) is 0 Å². The van der Waals surface area contributed by atoms with Gasteiger partial charge >= 0.3 is 0 Å². The van der Waals surface area contributed by atoms with Crippen molar-refractivity contribution in [3.63, 3.8) is 0 Å². The topological polar surface area (TPSA) is 18.5 Å². The summed E-state index contributed by atoms with van der Waals surface area (Å²) in [6.07, 6.45) is 0. The average molecular weight is 130 g/mol. The van der Waals surface area contributed by atoms with Crippen LogP contribution < -0.4 is 0 Å². The first-order valence-electron chi connectivity index (χ1n) is 2.91. The standard InChI is InChI=1S/C7H14O2/c1-6(5-8-3)7(2)9-4/h5H2,1-4H3/b7-6+. The van der Waals surface area contributed by atoms with Gasteiger partial charge in [0, 0.05) is 7.11 Å². The lowest BCUT2D eigenvalue weighted by atomic mass is 10.3. The Bertz CT molecular complexity index is 105. The van der Waals surface area contributed by atoms with Crippen LogP contribution >= 0.6 is 0 Å². The van der Waals surface area contributed by atoms with Crippen LogP contribution in [0.1, 0.15) is 13.8 Å². The third-order valence-corrected chi connectivity index (χ3v) is 1.27. The predicted octanol–water partition coefficient (Wildman–Crippen LogP) is 1.57. The monoisotopic (exact) mass is 130 g/mol. The Morgan fingerprint density at radius 2 is 1.78 bits per heavy atom. The average Bonchev–Trinajstić information content (AvgIpc) is 1.87. The van der Waals surface area contributed by atoms with E-state index in [1.165, 1.54) is 0 Å². The van der Waals surface area contributed by atoms with Crippen molar-refractivity contribution in [2.24, 2.45) is 0 Å². The van der Waals surface area contributed by atoms with Gasteiger partial charge in [-0.3, -0.25) is 0 Å². The van der Waals surface area contributed by atoms with Crippen LogP contribution in [0.25, 0.3) is 0 Å². The van der Waals surface area contributed by atoms with Crippen molar-refractivity contribution >= 4 is 0 Å². The van der Waals surface area contributed by atoms with E-state index in [9.17, 15) is 0 Å². The quantitative estimate of drug-likeness (QED) is 0.540. The Hall–Kier alpha value is -0.500. The largest absolute Gasteiger partial charge is 0.501 e. The van der Waals surface area contributed by atoms with Gasteiger partial charge in [0.1, 0.15) is 0 Å². The molecule has 0 radical (unpaired) electrons. The summed E-state index contributed by atoms with van der Waals surface area (Å²) < 4.78 is 9.85. The first-order valence-corrected chi connectivity index (χ1v) is 2.91. The lowest BCUT2D eigenvalue weighted by Gasteiger charge is -2.03. The molecule has 0 heterocycles. The molecule has 0 bridgehead atoms. The Labute approximate surface area is 56.5 Å². The highest BCUT2D eigenvalue weighted by Gasteiger charge is 1.93. The predicted molar refractivity (Wildman–Crippen MR) is 37.3 cm³/mol. The second kappa shape index (κ2) is 4.39. The summed E-state index contributed by atoms with van der Waals surface area (Å²) >= 11 is 0. The maximum absolute atomic E-state index is 4.96. The summed E-state index contributed by atoms with van der Waals surface area (Å²) in [6, 6.07) is 0. The zero-order valence-corrected chi connectivity index (χ0v) is 6.52. The van der Waals surface area contributed by atoms with Crippen LogP contribution in [0.4, 0.5) is 0 Å². The van der Waals surface area contributed by atoms with Gasteiger partial charge in [0.05, 0.1) is 19.5 Å². The van der Waals surface area contributed by atoms with Gasteiger partial charge in [-0.25, -0.2) is 0 Å². The molecule has 0 atom stereocenters. The molecule has 0 aliphatic rings. The lowest BCUT2D eigenvalue weighted by Crippen LogP contribution is -1.94. The van der Waals surface area contributed by atoms with Crippen LogP contribution in [0.2, 0.25) is 0 Å². The number of allylic oxidation sites excluding steroid dienone is 1. The second-order valence-electron chi connectivity index (χ2n) is 1.97. The van der Waals surface area contributed by atoms with Crippen LogP contribution in [-0.4, -0.2) is 20.8 Å². The molecular formula is C7H14O2. The third kappa shape index (κ3) is 3.14. The molecule has 0 amide bonds. The van der Waals surface area contributed by atoms with Crippen LogP contribution in [0.15, 0.2) is 11.3 Å². The van der Waals surface area contributed by atoms with Crippen molar-refractivity contribution < 1.29 is 9.47 Å². The van der Waals surface area contributed by atoms with Crippen molar-refractivity contribution in [2.75, 3.05) is 20.8 Å². The van der Waals surface area contributed by atoms with E-state index < -0.39 is 0 Å². The third-order valence-electron chi connectivity index (χ3n) is 1.27. The Morgan fingerprint density at radius 1 is 1.22 bits per heavy atom. The number of hydrogen-bond acceptors (Lipinski definition) is 2. The Morgan fingerprint density at radius 3 is 2.11 bits per heavy atom. The molecule has 0 aliphatic carbocycles. The van der Waals surface area contributed by atoms with Crippen LogP contribution in [0, 0.1) is 0 Å². The smallest absolute Gasteiger partial charge is 0.0936 e. The van der Waals surface area contributed by atoms with Gasteiger partial charge in [-0.1, -0.05) is 0 Å². The highest BCUT2D eigenvalue weighted by molar-refractivity contribution is 5.02. The fraction of sp³-hybridized carbons (Fsp3) is 0.714. The van der Waals surface area contributed by atoms with Crippen molar-refractivity contribution in [3.8, 4) is 0 Å². The number of hydrogen-bond donors (Lipinski definition) is 0. The molecule has 0 aliphatic heterocycles. The maximum Gasteiger partial charge on any atom is 0.0936 e. The summed E-state index contributed by atoms with van der Waals surface area (Å²) in [5, 5.41) is 0. The van der Waals surface area contributed by atoms with Crippen molar-refractivity contribution in [1.82, 2.24) is 0 Å². The minimum Gasteiger partial charge on any atom is -0.501 e. The molecule has 0 rings (SSSR count). The highest BCUT2D eigenvalue weighted by Crippen LogP contribution is 2.02. The molecule has 9 heavy (non-hydrogen) atoms. The molecule has 2 heteroatoms. The van der Waals surface area contributed by atoms with E-state index >= 15 is 0 Å². The summed E-state index contributed by atoms with van der Waals surface area (Å²) in [7, 11) is 3.33. The molecule has 2 nitrogen and oxygen atoms in total. The second-order valence-corrected chi connectivity index (χ2v) is 1.97. The summed E-state index contributed by atoms with van der Waals surface area (Å²) in [4.78, 5) is 0. The minimum absolute atomic E-state index is 0.652. The van der Waals surface area contributed by atoms with Crippen molar-refractivity contribution in [1.29, 1.82) is 0 Å². The van der Waals surface area contributed by atoms with Gasteiger partial charge in [0.15, 0.2) is 0 Å². The molecule has 0 fully saturated rings. The van der Waals surface area contributed by atoms with E-state index in [0.29, 0.717) is 6.61 Å². The SMILES string of the molecule is COC/C(C)=C(\C)OC. The summed E-state index contributed by atoms with van der Waals surface area (Å²) in [6.45, 7) is 4.57. The molecule has 0 aromatic carbocycles. The summed E-state index contributed by atoms with van der Waals surface area (Å²) in [5.41, 5.74) is 1.14. The van der Waals surface area contributed by atoms with Gasteiger partial charge in [-0.2, -0.15) is 0 Å². The number of methoxy groups -OCH3 is 2. The maximum atomic E-state index is 4.96. The van der Waals surface area contributed by atoms with E-state index in [1.54, 1.807) is 14.2 Å². The first kappa shape index (κ1) is 8.50. The molecule has 0 aromatic heterocycles. The zero-order valence-electron chi connectivity index (χ0n) is 6.52. The van der Waals surface area contributed by atoms with Gasteiger partial charge in [-0.15, -0.1) is 0 Å². The van der Waals surface area contributed by atoms with Crippen LogP contribution in [0.5, 0.6) is 0 Å². The molecule has 54 valence electrons. The Balaban J connectivity index is 3.78. The van der Waals surface area contributed by atoms with Crippen molar-refractivity contribution in [3.05, 3.63) is 11.3 Å². The lowest BCUT2D eigenvalue weighted by molar-refractivity contribution is 0.213. The zero-order chi connectivity index (χ0) is 7.28. The normalized spacial score (nSPS) is 12.9. The Kier molecular flexibility index (Phi) is 4.14. The van der Waals surface area contributed by atoms with Crippen LogP contribution in [0.3, 0.4) is 0 Å². The fourth-order valence-electron chi connectivity index (χ4n) is 0.492. The molecule has 0 saturated heterocycles. The van der Waals surface area contributed by atoms with Gasteiger partial charge in [0.2, 0.25) is 0 Å². The number of rotatable bonds is 3. The molecular weight excluding hydrogens is 116 g/mol. The van der Waals surface area contributed by atoms with Crippen molar-refractivity contribution in [2.45, 2.75) is 13.8 Å². The van der Waals surface area contributed by atoms with Gasteiger partial charge in [0.25, 0.3) is 0 Å². The van der Waals surface area contributed by atoms with Gasteiger partial charge < -0.3 is 9.47 Å². The molecule has 0 saturated carbocycles. The van der Waals surface area contributed by atoms with E-state index in [4.69, 9.17) is 9.47 Å². The van der Waals surface area contributed by atoms with Gasteiger partial charge in [-0.05, 0) is 19.4 Å². The first-order chi connectivity index (χ1) is 4.22. The molecule has 0 aromatic rings. The fourth-order valence-corrected chi connectivity index (χ4v) is 0.492. The minimum atomic E-state index is 0.652. The van der Waals surface area contributed by atoms with E-state index in [-0.39, 0.29) is 0 Å². The molecule has 0 spiro atoms.